The van der Waals surface area contributed by atoms with Gasteiger partial charge in [-0.05, 0) is 37.8 Å². The molecule has 3 nitrogen and oxygen atoms in total. The maximum Gasteiger partial charge on any atom is 0.111 e. The molecule has 3 rings (SSSR count). The van der Waals surface area contributed by atoms with Gasteiger partial charge in [0.05, 0.1) is 16.3 Å². The lowest BCUT2D eigenvalue weighted by molar-refractivity contribution is 0.147. The minimum atomic E-state index is 0.254. The molecule has 2 N–H and O–H groups in total. The van der Waals surface area contributed by atoms with Crippen molar-refractivity contribution in [2.45, 2.75) is 44.7 Å². The number of para-hydroxylation sites is 1. The Kier molecular flexibility index (Phi) is 4.34. The van der Waals surface area contributed by atoms with Crippen LogP contribution in [0.3, 0.4) is 0 Å². The fourth-order valence-electron chi connectivity index (χ4n) is 3.11. The summed E-state index contributed by atoms with van der Waals surface area (Å²) in [4.78, 5) is 4.72. The van der Waals surface area contributed by atoms with Crippen molar-refractivity contribution in [2.24, 2.45) is 5.92 Å². The minimum Gasteiger partial charge on any atom is -0.396 e. The first-order valence-corrected chi connectivity index (χ1v) is 8.32. The van der Waals surface area contributed by atoms with Crippen molar-refractivity contribution in [1.29, 1.82) is 0 Å². The van der Waals surface area contributed by atoms with Gasteiger partial charge in [0.1, 0.15) is 5.01 Å². The van der Waals surface area contributed by atoms with Crippen LogP contribution in [0.15, 0.2) is 24.3 Å². The van der Waals surface area contributed by atoms with Gasteiger partial charge in [0.25, 0.3) is 0 Å². The van der Waals surface area contributed by atoms with Crippen LogP contribution in [0, 0.1) is 5.92 Å². The quantitative estimate of drug-likeness (QED) is 0.906. The fraction of sp³-hybridized carbons (Fsp3) is 0.562. The standard InChI is InChI=1S/C16H22N2OS/c1-11(17-13-7-3-2-6-12(13)10-19)16-18-14-8-4-5-9-15(14)20-16/h4-5,8-9,11-13,17,19H,2-3,6-7,10H2,1H3. The fourth-order valence-corrected chi connectivity index (χ4v) is 4.09. The average Bonchev–Trinajstić information content (AvgIpc) is 2.92. The Labute approximate surface area is 124 Å². The van der Waals surface area contributed by atoms with Crippen molar-refractivity contribution >= 4 is 21.6 Å². The van der Waals surface area contributed by atoms with Crippen molar-refractivity contribution in [3.63, 3.8) is 0 Å². The van der Waals surface area contributed by atoms with E-state index < -0.39 is 0 Å². The highest BCUT2D eigenvalue weighted by atomic mass is 32.1. The number of aliphatic hydroxyl groups excluding tert-OH is 1. The topological polar surface area (TPSA) is 45.1 Å². The first-order chi connectivity index (χ1) is 9.78. The number of aliphatic hydroxyl groups is 1. The van der Waals surface area contributed by atoms with Crippen molar-refractivity contribution in [3.8, 4) is 0 Å². The lowest BCUT2D eigenvalue weighted by Gasteiger charge is -2.32. The van der Waals surface area contributed by atoms with Crippen molar-refractivity contribution in [3.05, 3.63) is 29.3 Å². The molecule has 1 saturated carbocycles. The van der Waals surface area contributed by atoms with E-state index in [1.165, 1.54) is 24.0 Å². The molecule has 3 atom stereocenters. The summed E-state index contributed by atoms with van der Waals surface area (Å²) in [6.45, 7) is 2.48. The second-order valence-electron chi connectivity index (χ2n) is 5.74. The molecule has 0 amide bonds. The first kappa shape index (κ1) is 14.0. The highest BCUT2D eigenvalue weighted by molar-refractivity contribution is 7.18. The number of hydrogen-bond acceptors (Lipinski definition) is 4. The Morgan fingerprint density at radius 3 is 2.95 bits per heavy atom. The number of aromatic nitrogens is 1. The molecule has 0 bridgehead atoms. The molecule has 0 aliphatic heterocycles. The molecule has 3 unspecified atom stereocenters. The van der Waals surface area contributed by atoms with Gasteiger partial charge in [-0.25, -0.2) is 4.98 Å². The van der Waals surface area contributed by atoms with E-state index in [1.807, 2.05) is 6.07 Å². The molecule has 1 fully saturated rings. The minimum absolute atomic E-state index is 0.254. The largest absolute Gasteiger partial charge is 0.396 e. The van der Waals surface area contributed by atoms with Crippen LogP contribution in [-0.4, -0.2) is 22.7 Å². The number of thiazole rings is 1. The Morgan fingerprint density at radius 1 is 1.35 bits per heavy atom. The number of nitrogens with zero attached hydrogens (tertiary/aromatic N) is 1. The van der Waals surface area contributed by atoms with Crippen molar-refractivity contribution in [2.75, 3.05) is 6.61 Å². The second kappa shape index (κ2) is 6.20. The predicted molar refractivity (Wildman–Crippen MR) is 84.0 cm³/mol. The van der Waals surface area contributed by atoms with E-state index in [-0.39, 0.29) is 6.04 Å². The van der Waals surface area contributed by atoms with E-state index in [2.05, 4.69) is 30.4 Å². The zero-order chi connectivity index (χ0) is 13.9. The lowest BCUT2D eigenvalue weighted by Crippen LogP contribution is -2.41. The summed E-state index contributed by atoms with van der Waals surface area (Å²) in [6, 6.07) is 8.97. The molecule has 1 heterocycles. The normalized spacial score (nSPS) is 24.9. The second-order valence-corrected chi connectivity index (χ2v) is 6.80. The predicted octanol–water partition coefficient (Wildman–Crippen LogP) is 3.50. The van der Waals surface area contributed by atoms with E-state index in [1.54, 1.807) is 11.3 Å². The van der Waals surface area contributed by atoms with Gasteiger partial charge in [0, 0.05) is 12.6 Å². The van der Waals surface area contributed by atoms with Gasteiger partial charge < -0.3 is 10.4 Å². The zero-order valence-corrected chi connectivity index (χ0v) is 12.7. The van der Waals surface area contributed by atoms with Crippen LogP contribution in [-0.2, 0) is 0 Å². The van der Waals surface area contributed by atoms with Gasteiger partial charge in [0.2, 0.25) is 0 Å². The van der Waals surface area contributed by atoms with E-state index in [4.69, 9.17) is 4.98 Å². The van der Waals surface area contributed by atoms with Gasteiger partial charge in [0.15, 0.2) is 0 Å². The molecule has 1 aromatic carbocycles. The van der Waals surface area contributed by atoms with E-state index in [0.717, 1.165) is 16.9 Å². The molecule has 1 aliphatic rings. The molecular weight excluding hydrogens is 268 g/mol. The number of rotatable bonds is 4. The molecule has 20 heavy (non-hydrogen) atoms. The molecule has 1 aliphatic carbocycles. The van der Waals surface area contributed by atoms with Crippen LogP contribution in [0.2, 0.25) is 0 Å². The highest BCUT2D eigenvalue weighted by Gasteiger charge is 2.26. The van der Waals surface area contributed by atoms with Crippen LogP contribution in [0.4, 0.5) is 0 Å². The zero-order valence-electron chi connectivity index (χ0n) is 11.9. The number of hydrogen-bond donors (Lipinski definition) is 2. The van der Waals surface area contributed by atoms with Gasteiger partial charge in [-0.3, -0.25) is 0 Å². The summed E-state index contributed by atoms with van der Waals surface area (Å²) < 4.78 is 1.25. The Balaban J connectivity index is 1.73. The van der Waals surface area contributed by atoms with Crippen LogP contribution < -0.4 is 5.32 Å². The highest BCUT2D eigenvalue weighted by Crippen LogP contribution is 2.29. The maximum atomic E-state index is 9.51. The van der Waals surface area contributed by atoms with Crippen LogP contribution in [0.25, 0.3) is 10.2 Å². The summed E-state index contributed by atoms with van der Waals surface area (Å²) in [5.74, 6) is 0.403. The Hall–Kier alpha value is -0.970. The first-order valence-electron chi connectivity index (χ1n) is 7.50. The molecule has 108 valence electrons. The summed E-state index contributed by atoms with van der Waals surface area (Å²) in [6.07, 6.45) is 4.82. The Morgan fingerprint density at radius 2 is 2.15 bits per heavy atom. The number of nitrogens with one attached hydrogen (secondary N) is 1. The molecule has 0 saturated heterocycles. The van der Waals surface area contributed by atoms with Crippen molar-refractivity contribution < 1.29 is 5.11 Å². The summed E-state index contributed by atoms with van der Waals surface area (Å²) in [5, 5.41) is 14.3. The third kappa shape index (κ3) is 2.87. The van der Waals surface area contributed by atoms with E-state index in [9.17, 15) is 5.11 Å². The monoisotopic (exact) mass is 290 g/mol. The van der Waals surface area contributed by atoms with E-state index in [0.29, 0.717) is 18.6 Å². The molecule has 2 aromatic rings. The molecule has 4 heteroatoms. The smallest absolute Gasteiger partial charge is 0.111 e. The summed E-state index contributed by atoms with van der Waals surface area (Å²) in [7, 11) is 0. The average molecular weight is 290 g/mol. The van der Waals surface area contributed by atoms with Crippen LogP contribution in [0.1, 0.15) is 43.7 Å². The van der Waals surface area contributed by atoms with Gasteiger partial charge >= 0.3 is 0 Å². The molecule has 0 spiro atoms. The third-order valence-electron chi connectivity index (χ3n) is 4.29. The Bertz CT molecular complexity index is 535. The van der Waals surface area contributed by atoms with Gasteiger partial charge in [-0.1, -0.05) is 25.0 Å². The van der Waals surface area contributed by atoms with Crippen LogP contribution in [0.5, 0.6) is 0 Å². The molecule has 1 aromatic heterocycles. The van der Waals surface area contributed by atoms with Crippen molar-refractivity contribution in [1.82, 2.24) is 10.3 Å². The van der Waals surface area contributed by atoms with Gasteiger partial charge in [-0.15, -0.1) is 11.3 Å². The molecule has 0 radical (unpaired) electrons. The number of fused-ring (bicyclic) bond motifs is 1. The summed E-state index contributed by atoms with van der Waals surface area (Å²) in [5.41, 5.74) is 1.09. The number of benzene rings is 1. The summed E-state index contributed by atoms with van der Waals surface area (Å²) >= 11 is 1.77. The maximum absolute atomic E-state index is 9.51. The van der Waals surface area contributed by atoms with Crippen LogP contribution >= 0.6 is 11.3 Å². The molecular formula is C16H22N2OS. The third-order valence-corrected chi connectivity index (χ3v) is 5.51. The SMILES string of the molecule is CC(NC1CCCCC1CO)c1nc2ccccc2s1. The lowest BCUT2D eigenvalue weighted by atomic mass is 9.85. The van der Waals surface area contributed by atoms with Gasteiger partial charge in [-0.2, -0.15) is 0 Å². The van der Waals surface area contributed by atoms with E-state index >= 15 is 0 Å².